The van der Waals surface area contributed by atoms with Crippen LogP contribution in [0.1, 0.15) is 0 Å². The highest BCUT2D eigenvalue weighted by atomic mass is 79.9. The van der Waals surface area contributed by atoms with Gasteiger partial charge in [-0.05, 0) is 30.3 Å². The first-order valence-corrected chi connectivity index (χ1v) is 7.63. The van der Waals surface area contributed by atoms with Crippen molar-refractivity contribution in [1.29, 1.82) is 0 Å². The largest absolute Gasteiger partial charge is 0.265 e. The Morgan fingerprint density at radius 2 is 2.00 bits per heavy atom. The van der Waals surface area contributed by atoms with Gasteiger partial charge in [0, 0.05) is 10.7 Å². The standard InChI is InChI=1S/C11H7BrClFN2O2S/c12-7-1-3-10(9(14)5-7)19(17,18)16-11-4-2-8(13)6-15-11/h1-6H,(H,15,16). The molecule has 0 spiro atoms. The zero-order chi connectivity index (χ0) is 14.0. The van der Waals surface area contributed by atoms with Crippen molar-refractivity contribution in [2.24, 2.45) is 0 Å². The van der Waals surface area contributed by atoms with Gasteiger partial charge in [-0.15, -0.1) is 0 Å². The van der Waals surface area contributed by atoms with E-state index in [4.69, 9.17) is 11.6 Å². The molecule has 1 aromatic carbocycles. The lowest BCUT2D eigenvalue weighted by Crippen LogP contribution is -2.15. The maximum Gasteiger partial charge on any atom is 0.265 e. The Balaban J connectivity index is 2.35. The third-order valence-electron chi connectivity index (χ3n) is 2.15. The van der Waals surface area contributed by atoms with Crippen molar-refractivity contribution in [1.82, 2.24) is 4.98 Å². The third kappa shape index (κ3) is 3.43. The van der Waals surface area contributed by atoms with Crippen LogP contribution in [0.3, 0.4) is 0 Å². The molecule has 0 amide bonds. The molecule has 0 aliphatic rings. The highest BCUT2D eigenvalue weighted by Crippen LogP contribution is 2.21. The van der Waals surface area contributed by atoms with Crippen LogP contribution in [0.5, 0.6) is 0 Å². The van der Waals surface area contributed by atoms with Crippen LogP contribution in [-0.2, 0) is 10.0 Å². The number of rotatable bonds is 3. The monoisotopic (exact) mass is 364 g/mol. The lowest BCUT2D eigenvalue weighted by atomic mass is 10.3. The number of nitrogens with one attached hydrogen (secondary N) is 1. The molecule has 8 heteroatoms. The number of nitrogens with zero attached hydrogens (tertiary/aromatic N) is 1. The van der Waals surface area contributed by atoms with E-state index >= 15 is 0 Å². The van der Waals surface area contributed by atoms with E-state index in [1.807, 2.05) is 0 Å². The molecule has 2 rings (SSSR count). The van der Waals surface area contributed by atoms with Crippen LogP contribution in [0.2, 0.25) is 5.02 Å². The smallest absolute Gasteiger partial charge is 0.263 e. The molecule has 0 aliphatic heterocycles. The molecule has 100 valence electrons. The summed E-state index contributed by atoms with van der Waals surface area (Å²) in [4.78, 5) is 3.33. The molecule has 0 aliphatic carbocycles. The summed E-state index contributed by atoms with van der Waals surface area (Å²) in [6.45, 7) is 0. The fourth-order valence-corrected chi connectivity index (χ4v) is 2.84. The molecule has 0 bridgehead atoms. The lowest BCUT2D eigenvalue weighted by molar-refractivity contribution is 0.569. The molecule has 1 N–H and O–H groups in total. The lowest BCUT2D eigenvalue weighted by Gasteiger charge is -2.08. The van der Waals surface area contributed by atoms with E-state index in [1.165, 1.54) is 24.4 Å². The summed E-state index contributed by atoms with van der Waals surface area (Å²) in [6.07, 6.45) is 1.29. The first-order chi connectivity index (χ1) is 8.88. The van der Waals surface area contributed by atoms with Gasteiger partial charge in [-0.2, -0.15) is 0 Å². The van der Waals surface area contributed by atoms with E-state index in [0.29, 0.717) is 9.50 Å². The number of hydrogen-bond acceptors (Lipinski definition) is 3. The van der Waals surface area contributed by atoms with Gasteiger partial charge in [-0.1, -0.05) is 27.5 Å². The average Bonchev–Trinajstić information content (AvgIpc) is 2.31. The predicted molar refractivity (Wildman–Crippen MR) is 74.2 cm³/mol. The Labute approximate surface area is 122 Å². The van der Waals surface area contributed by atoms with Crippen LogP contribution in [0.4, 0.5) is 10.2 Å². The van der Waals surface area contributed by atoms with Gasteiger partial charge in [-0.3, -0.25) is 4.72 Å². The van der Waals surface area contributed by atoms with Crippen molar-refractivity contribution in [3.05, 3.63) is 51.8 Å². The van der Waals surface area contributed by atoms with Gasteiger partial charge in [0.2, 0.25) is 0 Å². The average molecular weight is 366 g/mol. The van der Waals surface area contributed by atoms with E-state index in [2.05, 4.69) is 25.6 Å². The molecule has 1 aromatic heterocycles. The molecule has 2 aromatic rings. The molecule has 0 atom stereocenters. The summed E-state index contributed by atoms with van der Waals surface area (Å²) in [6, 6.07) is 6.54. The van der Waals surface area contributed by atoms with E-state index in [1.54, 1.807) is 0 Å². The normalized spacial score (nSPS) is 11.3. The van der Waals surface area contributed by atoms with Crippen LogP contribution >= 0.6 is 27.5 Å². The van der Waals surface area contributed by atoms with Crippen LogP contribution in [-0.4, -0.2) is 13.4 Å². The number of benzene rings is 1. The highest BCUT2D eigenvalue weighted by molar-refractivity contribution is 9.10. The van der Waals surface area contributed by atoms with Gasteiger partial charge in [0.05, 0.1) is 5.02 Å². The van der Waals surface area contributed by atoms with Gasteiger partial charge in [-0.25, -0.2) is 17.8 Å². The summed E-state index contributed by atoms with van der Waals surface area (Å²) >= 11 is 8.69. The van der Waals surface area contributed by atoms with E-state index in [-0.39, 0.29) is 5.82 Å². The molecule has 1 heterocycles. The SMILES string of the molecule is O=S(=O)(Nc1ccc(Cl)cn1)c1ccc(Br)cc1F. The van der Waals surface area contributed by atoms with E-state index in [9.17, 15) is 12.8 Å². The van der Waals surface area contributed by atoms with Gasteiger partial charge in [0.25, 0.3) is 10.0 Å². The Morgan fingerprint density at radius 3 is 2.58 bits per heavy atom. The van der Waals surface area contributed by atoms with Gasteiger partial charge in [0.1, 0.15) is 16.5 Å². The summed E-state index contributed by atoms with van der Waals surface area (Å²) in [5, 5.41) is 0.373. The van der Waals surface area contributed by atoms with E-state index < -0.39 is 20.7 Å². The van der Waals surface area contributed by atoms with Crippen molar-refractivity contribution < 1.29 is 12.8 Å². The molecule has 0 unspecified atom stereocenters. The minimum atomic E-state index is -4.03. The van der Waals surface area contributed by atoms with Crippen molar-refractivity contribution in [2.75, 3.05) is 4.72 Å². The predicted octanol–water partition coefficient (Wildman–Crippen LogP) is 3.44. The summed E-state index contributed by atoms with van der Waals surface area (Å²) in [5.41, 5.74) is 0. The zero-order valence-corrected chi connectivity index (χ0v) is 12.4. The quantitative estimate of drug-likeness (QED) is 0.906. The van der Waals surface area contributed by atoms with Crippen LogP contribution in [0, 0.1) is 5.82 Å². The summed E-state index contributed by atoms with van der Waals surface area (Å²) in [7, 11) is -4.03. The van der Waals surface area contributed by atoms with Crippen molar-refractivity contribution in [3.63, 3.8) is 0 Å². The topological polar surface area (TPSA) is 59.1 Å². The zero-order valence-electron chi connectivity index (χ0n) is 9.27. The second kappa shape index (κ2) is 5.44. The Bertz CT molecular complexity index is 707. The first-order valence-electron chi connectivity index (χ1n) is 4.98. The molecular weight excluding hydrogens is 359 g/mol. The number of anilines is 1. The second-order valence-corrected chi connectivity index (χ2v) is 6.54. The maximum absolute atomic E-state index is 13.6. The minimum Gasteiger partial charge on any atom is -0.263 e. The Kier molecular flexibility index (Phi) is 4.07. The van der Waals surface area contributed by atoms with Crippen molar-refractivity contribution >= 4 is 43.4 Å². The van der Waals surface area contributed by atoms with Crippen molar-refractivity contribution in [3.8, 4) is 0 Å². The second-order valence-electron chi connectivity index (χ2n) is 3.54. The highest BCUT2D eigenvalue weighted by Gasteiger charge is 2.19. The first kappa shape index (κ1) is 14.2. The summed E-state index contributed by atoms with van der Waals surface area (Å²) in [5.74, 6) is -0.789. The molecule has 19 heavy (non-hydrogen) atoms. The van der Waals surface area contributed by atoms with Crippen LogP contribution in [0.25, 0.3) is 0 Å². The molecule has 0 fully saturated rings. The summed E-state index contributed by atoms with van der Waals surface area (Å²) < 4.78 is 40.2. The minimum absolute atomic E-state index is 0.0618. The van der Waals surface area contributed by atoms with Crippen LogP contribution in [0.15, 0.2) is 45.9 Å². The van der Waals surface area contributed by atoms with Crippen molar-refractivity contribution in [2.45, 2.75) is 4.90 Å². The molecule has 0 saturated heterocycles. The third-order valence-corrected chi connectivity index (χ3v) is 4.25. The number of pyridine rings is 1. The number of hydrogen-bond donors (Lipinski definition) is 1. The molecule has 0 radical (unpaired) electrons. The van der Waals surface area contributed by atoms with Gasteiger partial charge >= 0.3 is 0 Å². The molecular formula is C11H7BrClFN2O2S. The maximum atomic E-state index is 13.6. The van der Waals surface area contributed by atoms with Crippen LogP contribution < -0.4 is 4.72 Å². The fourth-order valence-electron chi connectivity index (χ4n) is 1.32. The van der Waals surface area contributed by atoms with Gasteiger partial charge in [0.15, 0.2) is 0 Å². The molecule has 0 saturated carbocycles. The number of halogens is 3. The fraction of sp³-hybridized carbons (Fsp3) is 0. The van der Waals surface area contributed by atoms with Gasteiger partial charge < -0.3 is 0 Å². The Morgan fingerprint density at radius 1 is 1.26 bits per heavy atom. The number of sulfonamides is 1. The number of aromatic nitrogens is 1. The van der Waals surface area contributed by atoms with E-state index in [0.717, 1.165) is 12.1 Å². The molecule has 4 nitrogen and oxygen atoms in total. The Hall–Kier alpha value is -1.18.